The van der Waals surface area contributed by atoms with Gasteiger partial charge in [0.1, 0.15) is 30.0 Å². The number of rotatable bonds is 9. The first kappa shape index (κ1) is 21.7. The maximum absolute atomic E-state index is 12.3. The van der Waals surface area contributed by atoms with Crippen molar-refractivity contribution in [3.8, 4) is 0 Å². The van der Waals surface area contributed by atoms with Crippen LogP contribution in [0.25, 0.3) is 0 Å². The second-order valence-electron chi connectivity index (χ2n) is 9.16. The molecule has 4 aliphatic rings. The van der Waals surface area contributed by atoms with E-state index >= 15 is 0 Å². The second kappa shape index (κ2) is 8.54. The predicted octanol–water partition coefficient (Wildman–Crippen LogP) is 2.18. The van der Waals surface area contributed by atoms with Crippen molar-refractivity contribution in [3.05, 3.63) is 23.8 Å². The molecule has 1 saturated carbocycles. The van der Waals surface area contributed by atoms with E-state index in [1.54, 1.807) is 6.08 Å². The lowest BCUT2D eigenvalue weighted by Crippen LogP contribution is -2.49. The molecule has 8 atom stereocenters. The minimum absolute atomic E-state index is 0.0362. The van der Waals surface area contributed by atoms with E-state index < -0.39 is 30.1 Å². The summed E-state index contributed by atoms with van der Waals surface area (Å²) in [6.07, 6.45) is 8.86. The standard InChI is InChI=1S/C23H33NO6/c1-4-5-6-7-9-13(2)14(3)10-8-11-16(25)24-15-12-23(30-22(15)27)20-18(28-20)17(26)19-21(23)29-19/h8,10-11,13,15,18-22,27H,4-7,9,12H2,1-3H3,(H,24,25)/b11-8+,14-10+/t13-,15+,18-,19+,20-,21+,22-,23?/m1/s1. The van der Waals surface area contributed by atoms with E-state index in [9.17, 15) is 14.7 Å². The monoisotopic (exact) mass is 419 g/mol. The van der Waals surface area contributed by atoms with E-state index in [0.717, 1.165) is 6.42 Å². The number of allylic oxidation sites excluding steroid dienone is 3. The molecule has 166 valence electrons. The Bertz CT molecular complexity index is 726. The molecule has 7 nitrogen and oxygen atoms in total. The molecule has 1 amide bonds. The number of aliphatic hydroxyl groups is 1. The van der Waals surface area contributed by atoms with Crippen LogP contribution in [-0.2, 0) is 23.8 Å². The van der Waals surface area contributed by atoms with Crippen molar-refractivity contribution in [2.24, 2.45) is 5.92 Å². The number of epoxide rings is 2. The number of fused-ring (bicyclic) bond motifs is 4. The van der Waals surface area contributed by atoms with Crippen LogP contribution in [0, 0.1) is 5.92 Å². The summed E-state index contributed by atoms with van der Waals surface area (Å²) in [5.74, 6) is 0.171. The molecule has 1 unspecified atom stereocenters. The second-order valence-corrected chi connectivity index (χ2v) is 9.16. The normalized spacial score (nSPS) is 40.4. The first-order valence-corrected chi connectivity index (χ1v) is 11.2. The van der Waals surface area contributed by atoms with Gasteiger partial charge in [-0.1, -0.05) is 57.3 Å². The summed E-state index contributed by atoms with van der Waals surface area (Å²) in [6, 6.07) is -0.562. The molecule has 3 aliphatic heterocycles. The molecule has 0 aromatic carbocycles. The third-order valence-electron chi connectivity index (χ3n) is 6.93. The van der Waals surface area contributed by atoms with E-state index in [2.05, 4.69) is 26.1 Å². The summed E-state index contributed by atoms with van der Waals surface area (Å²) in [5.41, 5.74) is 0.410. The Morgan fingerprint density at radius 3 is 2.63 bits per heavy atom. The van der Waals surface area contributed by atoms with Crippen LogP contribution in [0.15, 0.2) is 23.8 Å². The Kier molecular flexibility index (Phi) is 6.17. The summed E-state index contributed by atoms with van der Waals surface area (Å²) in [7, 11) is 0. The number of amides is 1. The average molecular weight is 420 g/mol. The fraction of sp³-hybridized carbons (Fsp3) is 0.739. The van der Waals surface area contributed by atoms with E-state index in [0.29, 0.717) is 12.3 Å². The Hall–Kier alpha value is -1.54. The minimum Gasteiger partial charge on any atom is -0.366 e. The van der Waals surface area contributed by atoms with Crippen molar-refractivity contribution < 1.29 is 28.9 Å². The maximum atomic E-state index is 12.3. The van der Waals surface area contributed by atoms with Crippen LogP contribution < -0.4 is 5.32 Å². The lowest BCUT2D eigenvalue weighted by Gasteiger charge is -2.26. The van der Waals surface area contributed by atoms with Crippen molar-refractivity contribution in [1.82, 2.24) is 5.32 Å². The molecule has 0 radical (unpaired) electrons. The van der Waals surface area contributed by atoms with Crippen LogP contribution in [0.3, 0.4) is 0 Å². The zero-order valence-corrected chi connectivity index (χ0v) is 18.0. The molecule has 1 spiro atoms. The van der Waals surface area contributed by atoms with Gasteiger partial charge < -0.3 is 24.6 Å². The van der Waals surface area contributed by atoms with Gasteiger partial charge in [0.05, 0.1) is 6.04 Å². The van der Waals surface area contributed by atoms with Crippen molar-refractivity contribution in [2.45, 2.75) is 102 Å². The van der Waals surface area contributed by atoms with Gasteiger partial charge in [0.25, 0.3) is 0 Å². The zero-order chi connectivity index (χ0) is 21.5. The summed E-state index contributed by atoms with van der Waals surface area (Å²) < 4.78 is 16.8. The quantitative estimate of drug-likeness (QED) is 0.257. The van der Waals surface area contributed by atoms with Crippen LogP contribution in [0.2, 0.25) is 0 Å². The largest absolute Gasteiger partial charge is 0.366 e. The van der Waals surface area contributed by atoms with Gasteiger partial charge in [-0.2, -0.15) is 0 Å². The van der Waals surface area contributed by atoms with Crippen LogP contribution in [0.5, 0.6) is 0 Å². The van der Waals surface area contributed by atoms with Crippen molar-refractivity contribution in [3.63, 3.8) is 0 Å². The van der Waals surface area contributed by atoms with E-state index in [1.165, 1.54) is 37.3 Å². The van der Waals surface area contributed by atoms with Gasteiger partial charge in [-0.15, -0.1) is 0 Å². The summed E-state index contributed by atoms with van der Waals surface area (Å²) in [5, 5.41) is 13.1. The first-order valence-electron chi connectivity index (χ1n) is 11.2. The molecule has 1 aliphatic carbocycles. The Balaban J connectivity index is 1.26. The highest BCUT2D eigenvalue weighted by Crippen LogP contribution is 2.57. The van der Waals surface area contributed by atoms with Gasteiger partial charge in [0.2, 0.25) is 5.91 Å². The van der Waals surface area contributed by atoms with E-state index in [1.807, 2.05) is 6.08 Å². The van der Waals surface area contributed by atoms with Gasteiger partial charge in [-0.05, 0) is 19.3 Å². The Morgan fingerprint density at radius 2 is 1.97 bits per heavy atom. The maximum Gasteiger partial charge on any atom is 0.244 e. The van der Waals surface area contributed by atoms with Crippen LogP contribution >= 0.6 is 0 Å². The summed E-state index contributed by atoms with van der Waals surface area (Å²) in [6.45, 7) is 6.52. The third-order valence-corrected chi connectivity index (χ3v) is 6.93. The van der Waals surface area contributed by atoms with Crippen LogP contribution in [0.1, 0.15) is 59.3 Å². The number of Topliss-reactive ketones (excluding diaryl/α,β-unsaturated/α-hetero) is 1. The number of aliphatic hydroxyl groups excluding tert-OH is 1. The molecule has 4 fully saturated rings. The molecule has 30 heavy (non-hydrogen) atoms. The Morgan fingerprint density at radius 1 is 1.27 bits per heavy atom. The predicted molar refractivity (Wildman–Crippen MR) is 110 cm³/mol. The first-order chi connectivity index (χ1) is 14.4. The molecule has 4 rings (SSSR count). The zero-order valence-electron chi connectivity index (χ0n) is 18.0. The summed E-state index contributed by atoms with van der Waals surface area (Å²) in [4.78, 5) is 24.3. The fourth-order valence-corrected chi connectivity index (χ4v) is 4.80. The van der Waals surface area contributed by atoms with Crippen molar-refractivity contribution in [2.75, 3.05) is 0 Å². The average Bonchev–Trinajstić information content (AvgIpc) is 3.62. The lowest BCUT2D eigenvalue weighted by molar-refractivity contribution is -0.159. The topological polar surface area (TPSA) is 101 Å². The highest BCUT2D eigenvalue weighted by atomic mass is 16.7. The number of unbranched alkanes of at least 4 members (excludes halogenated alkanes) is 3. The van der Waals surface area contributed by atoms with Crippen LogP contribution in [-0.4, -0.2) is 59.1 Å². The van der Waals surface area contributed by atoms with E-state index in [4.69, 9.17) is 14.2 Å². The molecule has 3 saturated heterocycles. The number of carbonyl (C=O) groups is 2. The number of ether oxygens (including phenoxy) is 3. The summed E-state index contributed by atoms with van der Waals surface area (Å²) >= 11 is 0. The molecule has 0 aromatic rings. The highest BCUT2D eigenvalue weighted by molar-refractivity contribution is 5.94. The third kappa shape index (κ3) is 4.13. The Labute approximate surface area is 177 Å². The fourth-order valence-electron chi connectivity index (χ4n) is 4.80. The highest BCUT2D eigenvalue weighted by Gasteiger charge is 2.79. The smallest absolute Gasteiger partial charge is 0.244 e. The number of carbonyl (C=O) groups excluding carboxylic acids is 2. The molecule has 0 bridgehead atoms. The van der Waals surface area contributed by atoms with Gasteiger partial charge >= 0.3 is 0 Å². The molecule has 7 heteroatoms. The number of ketones is 1. The van der Waals surface area contributed by atoms with Crippen LogP contribution in [0.4, 0.5) is 0 Å². The van der Waals surface area contributed by atoms with Gasteiger partial charge in [-0.3, -0.25) is 9.59 Å². The number of hydrogen-bond donors (Lipinski definition) is 2. The molecule has 2 N–H and O–H groups in total. The number of nitrogens with one attached hydrogen (secondary N) is 1. The minimum atomic E-state index is -1.15. The lowest BCUT2D eigenvalue weighted by atomic mass is 9.81. The van der Waals surface area contributed by atoms with E-state index in [-0.39, 0.29) is 23.9 Å². The molecular formula is C23H33NO6. The van der Waals surface area contributed by atoms with Crippen molar-refractivity contribution in [1.29, 1.82) is 0 Å². The number of hydrogen-bond acceptors (Lipinski definition) is 6. The molecule has 3 heterocycles. The molecular weight excluding hydrogens is 386 g/mol. The van der Waals surface area contributed by atoms with Gasteiger partial charge in [0.15, 0.2) is 12.1 Å². The SMILES string of the molecule is CCCCCC[C@@H](C)/C(C)=C/C=C/C(=O)N[C@H]1CC2(O[C@H]1O)[C@@H]1O[C@@H]1C(=O)[C@@H]1O[C@@H]12. The molecule has 0 aromatic heterocycles. The van der Waals surface area contributed by atoms with Crippen molar-refractivity contribution >= 4 is 11.7 Å². The van der Waals surface area contributed by atoms with Gasteiger partial charge in [-0.25, -0.2) is 0 Å². The van der Waals surface area contributed by atoms with Gasteiger partial charge in [0, 0.05) is 12.5 Å².